The second-order valence-electron chi connectivity index (χ2n) is 6.44. The quantitative estimate of drug-likeness (QED) is 0.888. The SMILES string of the molecule is CSCC(C)C(=O)N1CCCCC1c1nc(-c2ccccc2)c[nH]1. The van der Waals surface area contributed by atoms with E-state index in [2.05, 4.69) is 23.4 Å². The zero-order valence-corrected chi connectivity index (χ0v) is 15.2. The van der Waals surface area contributed by atoms with Crippen molar-refractivity contribution in [3.8, 4) is 11.3 Å². The highest BCUT2D eigenvalue weighted by Gasteiger charge is 2.32. The smallest absolute Gasteiger partial charge is 0.226 e. The molecular formula is C19H25N3OS. The summed E-state index contributed by atoms with van der Waals surface area (Å²) in [6, 6.07) is 10.2. The number of aromatic amines is 1. The number of likely N-dealkylation sites (tertiary alicyclic amines) is 1. The van der Waals surface area contributed by atoms with Crippen LogP contribution in [0.2, 0.25) is 0 Å². The van der Waals surface area contributed by atoms with Crippen molar-refractivity contribution in [1.29, 1.82) is 0 Å². The molecule has 0 radical (unpaired) electrons. The van der Waals surface area contributed by atoms with Gasteiger partial charge in [-0.25, -0.2) is 4.98 Å². The number of H-pyrrole nitrogens is 1. The van der Waals surface area contributed by atoms with Crippen LogP contribution in [0.25, 0.3) is 11.3 Å². The molecule has 5 heteroatoms. The number of carbonyl (C=O) groups excluding carboxylic acids is 1. The van der Waals surface area contributed by atoms with E-state index in [1.165, 1.54) is 0 Å². The van der Waals surface area contributed by atoms with Crippen molar-refractivity contribution in [3.63, 3.8) is 0 Å². The van der Waals surface area contributed by atoms with Crippen molar-refractivity contribution in [2.75, 3.05) is 18.6 Å². The lowest BCUT2D eigenvalue weighted by molar-refractivity contribution is -0.138. The highest BCUT2D eigenvalue weighted by molar-refractivity contribution is 7.98. The van der Waals surface area contributed by atoms with Crippen LogP contribution in [0.15, 0.2) is 36.5 Å². The summed E-state index contributed by atoms with van der Waals surface area (Å²) < 4.78 is 0. The minimum atomic E-state index is 0.0594. The van der Waals surface area contributed by atoms with Crippen molar-refractivity contribution in [3.05, 3.63) is 42.4 Å². The van der Waals surface area contributed by atoms with Crippen molar-refractivity contribution in [2.24, 2.45) is 5.92 Å². The first kappa shape index (κ1) is 17.1. The Morgan fingerprint density at radius 3 is 2.92 bits per heavy atom. The molecule has 0 spiro atoms. The van der Waals surface area contributed by atoms with Gasteiger partial charge in [0.25, 0.3) is 0 Å². The lowest BCUT2D eigenvalue weighted by atomic mass is 9.99. The molecule has 1 saturated heterocycles. The van der Waals surface area contributed by atoms with Crippen molar-refractivity contribution >= 4 is 17.7 Å². The standard InChI is InChI=1S/C19H25N3OS/c1-14(13-24-2)19(23)22-11-7-6-10-17(22)18-20-12-16(21-18)15-8-4-3-5-9-15/h3-5,8-9,12,14,17H,6-7,10-11,13H2,1-2H3,(H,20,21). The van der Waals surface area contributed by atoms with Crippen LogP contribution in [-0.2, 0) is 4.79 Å². The fourth-order valence-corrected chi connectivity index (χ4v) is 3.99. The van der Waals surface area contributed by atoms with Crippen LogP contribution in [0.5, 0.6) is 0 Å². The molecular weight excluding hydrogens is 318 g/mol. The predicted octanol–water partition coefficient (Wildman–Crippen LogP) is 4.13. The number of nitrogens with zero attached hydrogens (tertiary/aromatic N) is 2. The zero-order chi connectivity index (χ0) is 16.9. The van der Waals surface area contributed by atoms with Crippen LogP contribution in [0.1, 0.15) is 38.1 Å². The number of amides is 1. The third-order valence-corrected chi connectivity index (χ3v) is 5.44. The number of imidazole rings is 1. The van der Waals surface area contributed by atoms with Crippen molar-refractivity contribution in [2.45, 2.75) is 32.2 Å². The Hall–Kier alpha value is -1.75. The summed E-state index contributed by atoms with van der Waals surface area (Å²) in [7, 11) is 0. The second kappa shape index (κ2) is 7.88. The molecule has 0 saturated carbocycles. The van der Waals surface area contributed by atoms with Gasteiger partial charge in [-0.15, -0.1) is 0 Å². The largest absolute Gasteiger partial charge is 0.346 e. The molecule has 1 aromatic carbocycles. The van der Waals surface area contributed by atoms with Crippen molar-refractivity contribution in [1.82, 2.24) is 14.9 Å². The number of rotatable bonds is 5. The van der Waals surface area contributed by atoms with Crippen molar-refractivity contribution < 1.29 is 4.79 Å². The molecule has 2 aromatic rings. The Labute approximate surface area is 148 Å². The molecule has 1 aliphatic heterocycles. The van der Waals surface area contributed by atoms with E-state index in [-0.39, 0.29) is 17.9 Å². The topological polar surface area (TPSA) is 49.0 Å². The van der Waals surface area contributed by atoms with Gasteiger partial charge in [-0.3, -0.25) is 4.79 Å². The van der Waals surface area contributed by atoms with E-state index < -0.39 is 0 Å². The summed E-state index contributed by atoms with van der Waals surface area (Å²) in [5.74, 6) is 2.10. The molecule has 4 nitrogen and oxygen atoms in total. The number of carbonyl (C=O) groups is 1. The Morgan fingerprint density at radius 1 is 1.38 bits per heavy atom. The van der Waals surface area contributed by atoms with E-state index in [1.54, 1.807) is 11.8 Å². The van der Waals surface area contributed by atoms with Crippen LogP contribution >= 0.6 is 11.8 Å². The van der Waals surface area contributed by atoms with E-state index in [0.717, 1.165) is 48.6 Å². The summed E-state index contributed by atoms with van der Waals surface area (Å²) in [5, 5.41) is 0. The molecule has 0 aliphatic carbocycles. The van der Waals surface area contributed by atoms with E-state index in [9.17, 15) is 4.79 Å². The van der Waals surface area contributed by atoms with Gasteiger partial charge in [0.15, 0.2) is 0 Å². The number of piperidine rings is 1. The third kappa shape index (κ3) is 3.66. The van der Waals surface area contributed by atoms with E-state index in [0.29, 0.717) is 0 Å². The number of thioether (sulfide) groups is 1. The summed E-state index contributed by atoms with van der Waals surface area (Å²) >= 11 is 1.73. The normalized spacial score (nSPS) is 19.2. The molecule has 2 atom stereocenters. The summed E-state index contributed by atoms with van der Waals surface area (Å²) in [4.78, 5) is 23.0. The zero-order valence-electron chi connectivity index (χ0n) is 14.4. The number of hydrogen-bond donors (Lipinski definition) is 1. The number of nitrogens with one attached hydrogen (secondary N) is 1. The van der Waals surface area contributed by atoms with Crippen LogP contribution < -0.4 is 0 Å². The molecule has 1 aromatic heterocycles. The second-order valence-corrected chi connectivity index (χ2v) is 7.35. The van der Waals surface area contributed by atoms with Crippen LogP contribution in [0, 0.1) is 5.92 Å². The van der Waals surface area contributed by atoms with Gasteiger partial charge in [-0.05, 0) is 25.5 Å². The Morgan fingerprint density at radius 2 is 2.17 bits per heavy atom. The lowest BCUT2D eigenvalue weighted by Crippen LogP contribution is -2.42. The van der Waals surface area contributed by atoms with E-state index >= 15 is 0 Å². The first-order chi connectivity index (χ1) is 11.7. The Kier molecular flexibility index (Phi) is 5.61. The molecule has 128 valence electrons. The molecule has 3 rings (SSSR count). The van der Waals surface area contributed by atoms with Crippen LogP contribution in [0.4, 0.5) is 0 Å². The summed E-state index contributed by atoms with van der Waals surface area (Å²) in [6.07, 6.45) is 7.22. The van der Waals surface area contributed by atoms with Gasteiger partial charge < -0.3 is 9.88 Å². The Bertz CT molecular complexity index is 670. The number of aromatic nitrogens is 2. The van der Waals surface area contributed by atoms with Gasteiger partial charge in [-0.1, -0.05) is 37.3 Å². The highest BCUT2D eigenvalue weighted by Crippen LogP contribution is 2.32. The maximum absolute atomic E-state index is 12.8. The third-order valence-electron chi connectivity index (χ3n) is 4.61. The van der Waals surface area contributed by atoms with E-state index in [4.69, 9.17) is 4.98 Å². The predicted molar refractivity (Wildman–Crippen MR) is 99.9 cm³/mol. The fraction of sp³-hybridized carbons (Fsp3) is 0.474. The number of hydrogen-bond acceptors (Lipinski definition) is 3. The fourth-order valence-electron chi connectivity index (χ4n) is 3.35. The summed E-state index contributed by atoms with van der Waals surface area (Å²) in [5.41, 5.74) is 2.05. The molecule has 1 amide bonds. The molecule has 0 bridgehead atoms. The van der Waals surface area contributed by atoms with Crippen LogP contribution in [0.3, 0.4) is 0 Å². The first-order valence-corrected chi connectivity index (χ1v) is 10.00. The van der Waals surface area contributed by atoms with Gasteiger partial charge in [0.2, 0.25) is 5.91 Å². The Balaban J connectivity index is 1.81. The minimum Gasteiger partial charge on any atom is -0.346 e. The van der Waals surface area contributed by atoms with Gasteiger partial charge >= 0.3 is 0 Å². The maximum Gasteiger partial charge on any atom is 0.226 e. The van der Waals surface area contributed by atoms with Gasteiger partial charge in [-0.2, -0.15) is 11.8 Å². The highest BCUT2D eigenvalue weighted by atomic mass is 32.2. The average Bonchev–Trinajstić information content (AvgIpc) is 3.12. The lowest BCUT2D eigenvalue weighted by Gasteiger charge is -2.36. The average molecular weight is 343 g/mol. The van der Waals surface area contributed by atoms with Gasteiger partial charge in [0.1, 0.15) is 5.82 Å². The number of benzene rings is 1. The monoisotopic (exact) mass is 343 g/mol. The van der Waals surface area contributed by atoms with Crippen LogP contribution in [-0.4, -0.2) is 39.3 Å². The molecule has 2 heterocycles. The van der Waals surface area contributed by atoms with Gasteiger partial charge in [0, 0.05) is 30.0 Å². The molecule has 1 N–H and O–H groups in total. The summed E-state index contributed by atoms with van der Waals surface area (Å²) in [6.45, 7) is 2.87. The molecule has 2 unspecified atom stereocenters. The maximum atomic E-state index is 12.8. The molecule has 1 aliphatic rings. The van der Waals surface area contributed by atoms with Gasteiger partial charge in [0.05, 0.1) is 11.7 Å². The minimum absolute atomic E-state index is 0.0594. The molecule has 24 heavy (non-hydrogen) atoms. The molecule has 1 fully saturated rings. The van der Waals surface area contributed by atoms with E-state index in [1.807, 2.05) is 36.2 Å². The first-order valence-electron chi connectivity index (χ1n) is 8.61.